The summed E-state index contributed by atoms with van der Waals surface area (Å²) >= 11 is 0. The fourth-order valence-corrected chi connectivity index (χ4v) is 2.16. The third-order valence-electron chi connectivity index (χ3n) is 3.80. The molecule has 1 saturated carbocycles. The average Bonchev–Trinajstić information content (AvgIpc) is 3.09. The highest BCUT2D eigenvalue weighted by Crippen LogP contribution is 2.18. The Morgan fingerprint density at radius 3 is 2.53 bits per heavy atom. The molecule has 17 heavy (non-hydrogen) atoms. The van der Waals surface area contributed by atoms with Gasteiger partial charge in [-0.3, -0.25) is 4.68 Å². The van der Waals surface area contributed by atoms with E-state index in [2.05, 4.69) is 35.9 Å². The van der Waals surface area contributed by atoms with Gasteiger partial charge >= 0.3 is 0 Å². The lowest BCUT2D eigenvalue weighted by atomic mass is 10.2. The summed E-state index contributed by atoms with van der Waals surface area (Å²) in [4.78, 5) is 0. The third kappa shape index (κ3) is 3.56. The Hall–Kier alpha value is -0.830. The second kappa shape index (κ2) is 5.67. The molecule has 1 heterocycles. The zero-order valence-corrected chi connectivity index (χ0v) is 11.4. The van der Waals surface area contributed by atoms with E-state index >= 15 is 0 Å². The van der Waals surface area contributed by atoms with Gasteiger partial charge in [-0.1, -0.05) is 6.42 Å². The lowest BCUT2D eigenvalue weighted by molar-refractivity contribution is 0.519. The first-order valence-electron chi connectivity index (χ1n) is 6.92. The number of aromatic nitrogens is 2. The maximum atomic E-state index is 4.57. The van der Waals surface area contributed by atoms with Gasteiger partial charge in [0, 0.05) is 18.3 Å². The van der Waals surface area contributed by atoms with E-state index < -0.39 is 0 Å². The topological polar surface area (TPSA) is 29.9 Å². The molecule has 1 fully saturated rings. The molecule has 96 valence electrons. The maximum absolute atomic E-state index is 4.57. The van der Waals surface area contributed by atoms with Crippen LogP contribution in [0.1, 0.15) is 49.1 Å². The molecular weight excluding hydrogens is 210 g/mol. The highest BCUT2D eigenvalue weighted by atomic mass is 15.3. The van der Waals surface area contributed by atoms with Gasteiger partial charge in [0.25, 0.3) is 0 Å². The third-order valence-corrected chi connectivity index (χ3v) is 3.80. The summed E-state index contributed by atoms with van der Waals surface area (Å²) in [7, 11) is 0. The van der Waals surface area contributed by atoms with E-state index in [1.165, 1.54) is 55.6 Å². The molecule has 0 aromatic carbocycles. The molecule has 1 aromatic rings. The van der Waals surface area contributed by atoms with E-state index in [0.717, 1.165) is 12.6 Å². The predicted octanol–water partition coefficient (Wildman–Crippen LogP) is 2.73. The molecule has 3 heteroatoms. The number of hydrogen-bond acceptors (Lipinski definition) is 2. The van der Waals surface area contributed by atoms with Gasteiger partial charge in [-0.05, 0) is 58.6 Å². The molecule has 0 saturated heterocycles. The highest BCUT2D eigenvalue weighted by molar-refractivity contribution is 5.21. The van der Waals surface area contributed by atoms with Crippen LogP contribution in [0.4, 0.5) is 0 Å². The quantitative estimate of drug-likeness (QED) is 0.736. The smallest absolute Gasteiger partial charge is 0.0625 e. The summed E-state index contributed by atoms with van der Waals surface area (Å²) in [5.74, 6) is 0. The number of nitrogens with zero attached hydrogens (tertiary/aromatic N) is 2. The van der Waals surface area contributed by atoms with Crippen molar-refractivity contribution in [1.29, 1.82) is 0 Å². The molecule has 0 aliphatic heterocycles. The van der Waals surface area contributed by atoms with Crippen molar-refractivity contribution in [1.82, 2.24) is 15.1 Å². The minimum Gasteiger partial charge on any atom is -0.314 e. The molecule has 0 unspecified atom stereocenters. The van der Waals surface area contributed by atoms with E-state index in [4.69, 9.17) is 0 Å². The molecule has 1 aliphatic carbocycles. The second-order valence-electron chi connectivity index (χ2n) is 5.31. The molecule has 1 aromatic heterocycles. The Morgan fingerprint density at radius 2 is 1.94 bits per heavy atom. The van der Waals surface area contributed by atoms with Crippen LogP contribution in [-0.2, 0) is 6.54 Å². The number of unbranched alkanes of at least 4 members (excludes halogenated alkanes) is 2. The van der Waals surface area contributed by atoms with Crippen molar-refractivity contribution in [2.75, 3.05) is 6.54 Å². The standard InChI is InChI=1S/C14H25N3/c1-11-12(2)16-17(13(11)3)10-6-4-5-9-15-14-7-8-14/h14-15H,4-10H2,1-3H3. The van der Waals surface area contributed by atoms with Gasteiger partial charge in [0.05, 0.1) is 5.69 Å². The van der Waals surface area contributed by atoms with Crippen LogP contribution in [0.25, 0.3) is 0 Å². The summed E-state index contributed by atoms with van der Waals surface area (Å²) < 4.78 is 2.17. The molecule has 2 rings (SSSR count). The van der Waals surface area contributed by atoms with Crippen molar-refractivity contribution in [2.24, 2.45) is 0 Å². The lowest BCUT2D eigenvalue weighted by Crippen LogP contribution is -2.17. The fraction of sp³-hybridized carbons (Fsp3) is 0.786. The lowest BCUT2D eigenvalue weighted by Gasteiger charge is -2.05. The van der Waals surface area contributed by atoms with Crippen LogP contribution in [0.3, 0.4) is 0 Å². The Balaban J connectivity index is 1.61. The van der Waals surface area contributed by atoms with Crippen molar-refractivity contribution in [3.05, 3.63) is 17.0 Å². The number of rotatable bonds is 7. The van der Waals surface area contributed by atoms with Gasteiger partial charge < -0.3 is 5.32 Å². The molecule has 1 N–H and O–H groups in total. The fourth-order valence-electron chi connectivity index (χ4n) is 2.16. The molecule has 1 aliphatic rings. The molecule has 0 amide bonds. The summed E-state index contributed by atoms with van der Waals surface area (Å²) in [6.45, 7) is 8.70. The van der Waals surface area contributed by atoms with E-state index in [1.54, 1.807) is 0 Å². The van der Waals surface area contributed by atoms with Gasteiger partial charge in [-0.25, -0.2) is 0 Å². The summed E-state index contributed by atoms with van der Waals surface area (Å²) in [6, 6.07) is 0.855. The van der Waals surface area contributed by atoms with Crippen molar-refractivity contribution < 1.29 is 0 Å². The van der Waals surface area contributed by atoms with Crippen molar-refractivity contribution in [3.63, 3.8) is 0 Å². The van der Waals surface area contributed by atoms with E-state index in [9.17, 15) is 0 Å². The van der Waals surface area contributed by atoms with Gasteiger partial charge in [0.15, 0.2) is 0 Å². The Kier molecular flexibility index (Phi) is 4.21. The van der Waals surface area contributed by atoms with Crippen LogP contribution in [0.2, 0.25) is 0 Å². The molecule has 3 nitrogen and oxygen atoms in total. The van der Waals surface area contributed by atoms with Crippen LogP contribution >= 0.6 is 0 Å². The Morgan fingerprint density at radius 1 is 1.18 bits per heavy atom. The maximum Gasteiger partial charge on any atom is 0.0625 e. The molecule has 0 spiro atoms. The largest absolute Gasteiger partial charge is 0.314 e. The van der Waals surface area contributed by atoms with Crippen LogP contribution in [0, 0.1) is 20.8 Å². The first kappa shape index (κ1) is 12.6. The monoisotopic (exact) mass is 235 g/mol. The van der Waals surface area contributed by atoms with E-state index in [0.29, 0.717) is 0 Å². The first-order chi connectivity index (χ1) is 8.18. The number of nitrogens with one attached hydrogen (secondary N) is 1. The molecule has 0 radical (unpaired) electrons. The van der Waals surface area contributed by atoms with E-state index in [1.807, 2.05) is 0 Å². The number of hydrogen-bond donors (Lipinski definition) is 1. The Bertz CT molecular complexity index is 364. The van der Waals surface area contributed by atoms with Crippen molar-refractivity contribution in [3.8, 4) is 0 Å². The summed E-state index contributed by atoms with van der Waals surface area (Å²) in [6.07, 6.45) is 6.63. The second-order valence-corrected chi connectivity index (χ2v) is 5.31. The van der Waals surface area contributed by atoms with Crippen molar-refractivity contribution in [2.45, 2.75) is 65.5 Å². The van der Waals surface area contributed by atoms with Crippen LogP contribution in [-0.4, -0.2) is 22.4 Å². The Labute approximate surface area is 105 Å². The minimum absolute atomic E-state index is 0.855. The van der Waals surface area contributed by atoms with Crippen molar-refractivity contribution >= 4 is 0 Å². The van der Waals surface area contributed by atoms with Gasteiger partial charge in [0.2, 0.25) is 0 Å². The highest BCUT2D eigenvalue weighted by Gasteiger charge is 2.19. The van der Waals surface area contributed by atoms with Gasteiger partial charge in [0.1, 0.15) is 0 Å². The van der Waals surface area contributed by atoms with Gasteiger partial charge in [-0.15, -0.1) is 0 Å². The SMILES string of the molecule is Cc1nn(CCCCCNC2CC2)c(C)c1C. The zero-order chi connectivity index (χ0) is 12.3. The molecule has 0 bridgehead atoms. The number of aryl methyl sites for hydroxylation is 2. The normalized spacial score (nSPS) is 15.5. The van der Waals surface area contributed by atoms with Crippen LogP contribution < -0.4 is 5.32 Å². The summed E-state index contributed by atoms with van der Waals surface area (Å²) in [5.41, 5.74) is 3.86. The van der Waals surface area contributed by atoms with Gasteiger partial charge in [-0.2, -0.15) is 5.10 Å². The van der Waals surface area contributed by atoms with Crippen LogP contribution in [0.5, 0.6) is 0 Å². The van der Waals surface area contributed by atoms with Crippen LogP contribution in [0.15, 0.2) is 0 Å². The average molecular weight is 235 g/mol. The minimum atomic E-state index is 0.855. The molecule has 0 atom stereocenters. The first-order valence-corrected chi connectivity index (χ1v) is 6.92. The molecular formula is C14H25N3. The summed E-state index contributed by atoms with van der Waals surface area (Å²) in [5, 5.41) is 8.12. The predicted molar refractivity (Wildman–Crippen MR) is 71.3 cm³/mol. The van der Waals surface area contributed by atoms with E-state index in [-0.39, 0.29) is 0 Å². The zero-order valence-electron chi connectivity index (χ0n) is 11.4.